The summed E-state index contributed by atoms with van der Waals surface area (Å²) in [6.07, 6.45) is 4.55. The molecular formula is C14H20N4O2S. The quantitative estimate of drug-likeness (QED) is 0.667. The lowest BCUT2D eigenvalue weighted by atomic mass is 9.95. The molecule has 3 rings (SSSR count). The van der Waals surface area contributed by atoms with Gasteiger partial charge < -0.3 is 9.47 Å². The van der Waals surface area contributed by atoms with Gasteiger partial charge in [0, 0.05) is 18.4 Å². The van der Waals surface area contributed by atoms with E-state index >= 15 is 0 Å². The van der Waals surface area contributed by atoms with E-state index in [-0.39, 0.29) is 12.2 Å². The highest BCUT2D eigenvalue weighted by Gasteiger charge is 2.24. The molecule has 114 valence electrons. The van der Waals surface area contributed by atoms with E-state index < -0.39 is 0 Å². The first-order valence-electron chi connectivity index (χ1n) is 7.14. The van der Waals surface area contributed by atoms with Gasteiger partial charge in [-0.2, -0.15) is 4.98 Å². The Kier molecular flexibility index (Phi) is 4.23. The Labute approximate surface area is 127 Å². The summed E-state index contributed by atoms with van der Waals surface area (Å²) >= 11 is 1.61. The summed E-state index contributed by atoms with van der Waals surface area (Å²) in [6, 6.07) is 2.06. The number of anilines is 1. The average Bonchev–Trinajstić information content (AvgIpc) is 2.88. The molecule has 1 aliphatic rings. The van der Waals surface area contributed by atoms with Crippen LogP contribution in [0.1, 0.15) is 30.6 Å². The zero-order valence-electron chi connectivity index (χ0n) is 12.3. The first-order chi connectivity index (χ1) is 10.2. The van der Waals surface area contributed by atoms with Gasteiger partial charge >= 0.3 is 0 Å². The van der Waals surface area contributed by atoms with Crippen molar-refractivity contribution < 1.29 is 9.47 Å². The van der Waals surface area contributed by atoms with Gasteiger partial charge in [0.15, 0.2) is 0 Å². The van der Waals surface area contributed by atoms with Crippen LogP contribution in [0.15, 0.2) is 6.07 Å². The second-order valence-corrected chi connectivity index (χ2v) is 6.57. The number of hydrogen-bond donors (Lipinski definition) is 2. The topological polar surface area (TPSA) is 82.3 Å². The second kappa shape index (κ2) is 6.13. The third kappa shape index (κ3) is 3.09. The van der Waals surface area contributed by atoms with E-state index in [1.54, 1.807) is 18.4 Å². The maximum Gasteiger partial charge on any atom is 0.241 e. The summed E-state index contributed by atoms with van der Waals surface area (Å²) < 4.78 is 11.6. The van der Waals surface area contributed by atoms with E-state index in [9.17, 15) is 0 Å². The SMILES string of the molecule is COC1CCCC(Oc2nc(NN)nc3sc(C)cc23)C1. The van der Waals surface area contributed by atoms with Gasteiger partial charge in [0.2, 0.25) is 11.8 Å². The normalized spacial score (nSPS) is 22.4. The lowest BCUT2D eigenvalue weighted by Crippen LogP contribution is -2.29. The highest BCUT2D eigenvalue weighted by Crippen LogP contribution is 2.33. The molecule has 7 heteroatoms. The zero-order chi connectivity index (χ0) is 14.8. The summed E-state index contributed by atoms with van der Waals surface area (Å²) in [6.45, 7) is 2.05. The molecule has 0 bridgehead atoms. The molecule has 1 saturated carbocycles. The van der Waals surface area contributed by atoms with Crippen LogP contribution in [0.2, 0.25) is 0 Å². The molecule has 2 unspecified atom stereocenters. The van der Waals surface area contributed by atoms with Crippen LogP contribution in [0.4, 0.5) is 5.95 Å². The van der Waals surface area contributed by atoms with E-state index in [1.165, 1.54) is 4.88 Å². The fourth-order valence-corrected chi connectivity index (χ4v) is 3.62. The largest absolute Gasteiger partial charge is 0.474 e. The minimum absolute atomic E-state index is 0.132. The second-order valence-electron chi connectivity index (χ2n) is 5.34. The molecular weight excluding hydrogens is 288 g/mol. The molecule has 2 heterocycles. The molecule has 1 aliphatic carbocycles. The van der Waals surface area contributed by atoms with Crippen LogP contribution >= 0.6 is 11.3 Å². The molecule has 2 atom stereocenters. The molecule has 0 aromatic carbocycles. The molecule has 0 saturated heterocycles. The predicted octanol–water partition coefficient (Wildman–Crippen LogP) is 2.62. The molecule has 0 spiro atoms. The number of aryl methyl sites for hydroxylation is 1. The highest BCUT2D eigenvalue weighted by molar-refractivity contribution is 7.18. The monoisotopic (exact) mass is 308 g/mol. The smallest absolute Gasteiger partial charge is 0.241 e. The van der Waals surface area contributed by atoms with E-state index in [0.29, 0.717) is 11.8 Å². The van der Waals surface area contributed by atoms with Crippen molar-refractivity contribution in [2.45, 2.75) is 44.8 Å². The molecule has 3 N–H and O–H groups in total. The van der Waals surface area contributed by atoms with E-state index in [1.807, 2.05) is 6.92 Å². The summed E-state index contributed by atoms with van der Waals surface area (Å²) in [5, 5.41) is 0.955. The maximum absolute atomic E-state index is 6.14. The predicted molar refractivity (Wildman–Crippen MR) is 83.6 cm³/mol. The lowest BCUT2D eigenvalue weighted by Gasteiger charge is -2.28. The Morgan fingerprint density at radius 1 is 1.33 bits per heavy atom. The van der Waals surface area contributed by atoms with Gasteiger partial charge in [-0.25, -0.2) is 10.8 Å². The lowest BCUT2D eigenvalue weighted by molar-refractivity contribution is 0.0201. The molecule has 0 amide bonds. The van der Waals surface area contributed by atoms with Crippen molar-refractivity contribution >= 4 is 27.5 Å². The number of nitrogens with one attached hydrogen (secondary N) is 1. The van der Waals surface area contributed by atoms with Gasteiger partial charge in [-0.05, 0) is 32.3 Å². The number of ether oxygens (including phenoxy) is 2. The first-order valence-corrected chi connectivity index (χ1v) is 7.95. The Morgan fingerprint density at radius 2 is 2.14 bits per heavy atom. The first kappa shape index (κ1) is 14.5. The van der Waals surface area contributed by atoms with Crippen LogP contribution in [0.25, 0.3) is 10.2 Å². The molecule has 2 aromatic heterocycles. The minimum Gasteiger partial charge on any atom is -0.474 e. The Bertz CT molecular complexity index is 631. The van der Waals surface area contributed by atoms with E-state index in [4.69, 9.17) is 15.3 Å². The van der Waals surface area contributed by atoms with Crippen LogP contribution < -0.4 is 16.0 Å². The zero-order valence-corrected chi connectivity index (χ0v) is 13.1. The van der Waals surface area contributed by atoms with E-state index in [0.717, 1.165) is 35.9 Å². The standard InChI is InChI=1S/C14H20N4O2S/c1-8-6-11-12(16-14(18-15)17-13(11)21-8)20-10-5-3-4-9(7-10)19-2/h6,9-10H,3-5,7,15H2,1-2H3,(H,16,17,18). The summed E-state index contributed by atoms with van der Waals surface area (Å²) in [5.41, 5.74) is 2.51. The number of nitrogens with two attached hydrogens (primary N) is 1. The fraction of sp³-hybridized carbons (Fsp3) is 0.571. The third-order valence-corrected chi connectivity index (χ3v) is 4.74. The van der Waals surface area contributed by atoms with Crippen molar-refractivity contribution in [2.75, 3.05) is 12.5 Å². The third-order valence-electron chi connectivity index (χ3n) is 3.80. The molecule has 0 radical (unpaired) electrons. The van der Waals surface area contributed by atoms with Gasteiger partial charge in [-0.1, -0.05) is 0 Å². The number of methoxy groups -OCH3 is 1. The number of hydrogen-bond acceptors (Lipinski definition) is 7. The number of nitrogens with zero attached hydrogens (tertiary/aromatic N) is 2. The van der Waals surface area contributed by atoms with Gasteiger partial charge in [-0.3, -0.25) is 5.43 Å². The van der Waals surface area contributed by atoms with Crippen molar-refractivity contribution in [3.63, 3.8) is 0 Å². The highest BCUT2D eigenvalue weighted by atomic mass is 32.1. The molecule has 1 fully saturated rings. The van der Waals surface area contributed by atoms with Gasteiger partial charge in [0.05, 0.1) is 11.5 Å². The van der Waals surface area contributed by atoms with Gasteiger partial charge in [-0.15, -0.1) is 11.3 Å². The van der Waals surface area contributed by atoms with Crippen molar-refractivity contribution in [2.24, 2.45) is 5.84 Å². The molecule has 6 nitrogen and oxygen atoms in total. The Hall–Kier alpha value is -1.44. The summed E-state index contributed by atoms with van der Waals surface area (Å²) in [7, 11) is 1.76. The molecule has 2 aromatic rings. The number of thiophene rings is 1. The number of rotatable bonds is 4. The van der Waals surface area contributed by atoms with Crippen LogP contribution in [-0.4, -0.2) is 29.3 Å². The Balaban J connectivity index is 1.88. The fourth-order valence-electron chi connectivity index (χ4n) is 2.75. The average molecular weight is 308 g/mol. The van der Waals surface area contributed by atoms with Crippen LogP contribution in [-0.2, 0) is 4.74 Å². The van der Waals surface area contributed by atoms with Crippen LogP contribution in [0, 0.1) is 6.92 Å². The van der Waals surface area contributed by atoms with Crippen molar-refractivity contribution in [3.05, 3.63) is 10.9 Å². The van der Waals surface area contributed by atoms with Gasteiger partial charge in [0.25, 0.3) is 0 Å². The van der Waals surface area contributed by atoms with Crippen LogP contribution in [0.5, 0.6) is 5.88 Å². The summed E-state index contributed by atoms with van der Waals surface area (Å²) in [5.74, 6) is 6.45. The number of aromatic nitrogens is 2. The van der Waals surface area contributed by atoms with E-state index in [2.05, 4.69) is 21.5 Å². The van der Waals surface area contributed by atoms with Crippen LogP contribution in [0.3, 0.4) is 0 Å². The van der Waals surface area contributed by atoms with Crippen molar-refractivity contribution in [1.29, 1.82) is 0 Å². The summed E-state index contributed by atoms with van der Waals surface area (Å²) in [4.78, 5) is 10.8. The number of nitrogen functional groups attached to an aromatic ring is 1. The van der Waals surface area contributed by atoms with Gasteiger partial charge in [0.1, 0.15) is 10.9 Å². The number of fused-ring (bicyclic) bond motifs is 1. The molecule has 0 aliphatic heterocycles. The van der Waals surface area contributed by atoms with Crippen molar-refractivity contribution in [3.8, 4) is 5.88 Å². The number of hydrazine groups is 1. The maximum atomic E-state index is 6.14. The Morgan fingerprint density at radius 3 is 2.90 bits per heavy atom. The van der Waals surface area contributed by atoms with Crippen molar-refractivity contribution in [1.82, 2.24) is 9.97 Å². The minimum atomic E-state index is 0.132. The molecule has 21 heavy (non-hydrogen) atoms.